The number of benzene rings is 2. The number of carbonyl (C=O) groups excluding carboxylic acids is 1. The zero-order chi connectivity index (χ0) is 19.5. The maximum atomic E-state index is 12.2. The molecule has 1 amide bonds. The average molecular weight is 392 g/mol. The van der Waals surface area contributed by atoms with Gasteiger partial charge in [0.15, 0.2) is 5.65 Å². The van der Waals surface area contributed by atoms with Crippen LogP contribution in [0.2, 0.25) is 0 Å². The lowest BCUT2D eigenvalue weighted by atomic mass is 10.0. The van der Waals surface area contributed by atoms with Gasteiger partial charge in [-0.25, -0.2) is 4.98 Å². The molecule has 0 atom stereocenters. The molecule has 2 N–H and O–H groups in total. The van der Waals surface area contributed by atoms with Gasteiger partial charge in [0.25, 0.3) is 0 Å². The van der Waals surface area contributed by atoms with E-state index in [0.717, 1.165) is 22.1 Å². The molecule has 0 radical (unpaired) electrons. The third-order valence-corrected chi connectivity index (χ3v) is 5.36. The van der Waals surface area contributed by atoms with Crippen molar-refractivity contribution in [2.75, 3.05) is 11.1 Å². The monoisotopic (exact) mass is 391 g/mol. The molecule has 2 heterocycles. The summed E-state index contributed by atoms with van der Waals surface area (Å²) in [7, 11) is 0. The largest absolute Gasteiger partial charge is 0.338 e. The van der Waals surface area contributed by atoms with Gasteiger partial charge in [0.05, 0.1) is 0 Å². The second kappa shape index (κ2) is 7.98. The van der Waals surface area contributed by atoms with Gasteiger partial charge in [0.1, 0.15) is 5.52 Å². The second-order valence-corrected chi connectivity index (χ2v) is 7.95. The van der Waals surface area contributed by atoms with Crippen molar-refractivity contribution < 1.29 is 4.79 Å². The summed E-state index contributed by atoms with van der Waals surface area (Å²) in [6.07, 6.45) is 0.380. The predicted octanol–water partition coefficient (Wildman–Crippen LogP) is 4.75. The Labute approximate surface area is 167 Å². The fraction of sp³-hybridized carbons (Fsp3) is 0.238. The summed E-state index contributed by atoms with van der Waals surface area (Å²) in [4.78, 5) is 19.9. The van der Waals surface area contributed by atoms with E-state index in [-0.39, 0.29) is 5.91 Å². The van der Waals surface area contributed by atoms with Gasteiger partial charge >= 0.3 is 0 Å². The topological polar surface area (TPSA) is 83.6 Å². The number of fused-ring (bicyclic) bond motifs is 3. The Morgan fingerprint density at radius 1 is 1.11 bits per heavy atom. The molecule has 0 saturated carbocycles. The molecule has 4 rings (SSSR count). The van der Waals surface area contributed by atoms with Crippen molar-refractivity contribution in [3.63, 3.8) is 0 Å². The van der Waals surface area contributed by atoms with Crippen LogP contribution in [0, 0.1) is 0 Å². The quantitative estimate of drug-likeness (QED) is 0.463. The van der Waals surface area contributed by atoms with E-state index in [2.05, 4.69) is 39.3 Å². The highest BCUT2D eigenvalue weighted by Gasteiger charge is 2.10. The maximum absolute atomic E-state index is 12.2. The zero-order valence-corrected chi connectivity index (χ0v) is 16.6. The summed E-state index contributed by atoms with van der Waals surface area (Å²) in [5, 5.41) is 13.0. The molecule has 2 aromatic carbocycles. The van der Waals surface area contributed by atoms with Crippen molar-refractivity contribution in [1.29, 1.82) is 0 Å². The summed E-state index contributed by atoms with van der Waals surface area (Å²) in [6, 6.07) is 15.9. The number of nitrogens with one attached hydrogen (secondary N) is 2. The normalized spacial score (nSPS) is 11.4. The minimum Gasteiger partial charge on any atom is -0.338 e. The van der Waals surface area contributed by atoms with E-state index in [1.165, 1.54) is 17.3 Å². The molecule has 7 heteroatoms. The molecule has 28 heavy (non-hydrogen) atoms. The lowest BCUT2D eigenvalue weighted by Gasteiger charge is -2.08. The fourth-order valence-corrected chi connectivity index (χ4v) is 3.70. The van der Waals surface area contributed by atoms with Crippen molar-refractivity contribution in [1.82, 2.24) is 20.2 Å². The molecular weight excluding hydrogens is 370 g/mol. The highest BCUT2D eigenvalue weighted by molar-refractivity contribution is 7.99. The van der Waals surface area contributed by atoms with Crippen LogP contribution in [0.4, 0.5) is 5.69 Å². The van der Waals surface area contributed by atoms with E-state index in [9.17, 15) is 4.79 Å². The molecule has 2 aromatic heterocycles. The minimum absolute atomic E-state index is 0.0237. The summed E-state index contributed by atoms with van der Waals surface area (Å²) in [5.74, 6) is 1.04. The number of thioether (sulfide) groups is 1. The van der Waals surface area contributed by atoms with Gasteiger partial charge in [0.2, 0.25) is 11.1 Å². The fourth-order valence-electron chi connectivity index (χ4n) is 2.98. The smallest absolute Gasteiger partial charge is 0.225 e. The highest BCUT2D eigenvalue weighted by Crippen LogP contribution is 2.23. The van der Waals surface area contributed by atoms with Crippen LogP contribution < -0.4 is 5.32 Å². The van der Waals surface area contributed by atoms with Gasteiger partial charge < -0.3 is 10.3 Å². The lowest BCUT2D eigenvalue weighted by Crippen LogP contribution is -2.12. The number of rotatable bonds is 6. The van der Waals surface area contributed by atoms with Gasteiger partial charge in [-0.3, -0.25) is 4.79 Å². The average Bonchev–Trinajstić information content (AvgIpc) is 3.06. The van der Waals surface area contributed by atoms with Crippen LogP contribution in [0.5, 0.6) is 0 Å². The first-order valence-electron chi connectivity index (χ1n) is 9.24. The van der Waals surface area contributed by atoms with E-state index in [4.69, 9.17) is 0 Å². The van der Waals surface area contributed by atoms with E-state index >= 15 is 0 Å². The van der Waals surface area contributed by atoms with E-state index in [1.807, 2.05) is 48.5 Å². The van der Waals surface area contributed by atoms with Gasteiger partial charge in [-0.1, -0.05) is 55.9 Å². The molecule has 0 saturated heterocycles. The molecule has 0 bridgehead atoms. The first kappa shape index (κ1) is 18.4. The van der Waals surface area contributed by atoms with Crippen LogP contribution in [0.25, 0.3) is 22.1 Å². The Hall–Kier alpha value is -2.93. The van der Waals surface area contributed by atoms with Crippen molar-refractivity contribution in [3.8, 4) is 0 Å². The Kier molecular flexibility index (Phi) is 5.25. The zero-order valence-electron chi connectivity index (χ0n) is 15.8. The third kappa shape index (κ3) is 3.99. The molecule has 4 aromatic rings. The molecule has 0 aliphatic carbocycles. The van der Waals surface area contributed by atoms with E-state index in [0.29, 0.717) is 28.9 Å². The molecule has 0 aliphatic rings. The van der Waals surface area contributed by atoms with Crippen LogP contribution in [-0.4, -0.2) is 31.8 Å². The van der Waals surface area contributed by atoms with Crippen molar-refractivity contribution in [2.24, 2.45) is 0 Å². The Morgan fingerprint density at radius 2 is 1.89 bits per heavy atom. The number of nitrogens with zero attached hydrogens (tertiary/aromatic N) is 3. The molecule has 0 aliphatic heterocycles. The Morgan fingerprint density at radius 3 is 2.68 bits per heavy atom. The first-order chi connectivity index (χ1) is 13.6. The van der Waals surface area contributed by atoms with Crippen LogP contribution in [-0.2, 0) is 4.79 Å². The number of carbonyl (C=O) groups is 1. The molecule has 6 nitrogen and oxygen atoms in total. The van der Waals surface area contributed by atoms with Crippen molar-refractivity contribution in [3.05, 3.63) is 54.1 Å². The standard InChI is InChI=1S/C21H21N5OS/c1-13(2)14-7-9-15(10-8-14)22-18(27)11-12-28-21-24-20-19(25-26-21)16-5-3-4-6-17(16)23-20/h3-10,13H,11-12H2,1-2H3,(H,22,27)(H,23,24,26). The van der Waals surface area contributed by atoms with Gasteiger partial charge in [-0.05, 0) is 29.7 Å². The predicted molar refractivity (Wildman–Crippen MR) is 114 cm³/mol. The number of H-pyrrole nitrogens is 1. The lowest BCUT2D eigenvalue weighted by molar-refractivity contribution is -0.115. The number of amides is 1. The maximum Gasteiger partial charge on any atom is 0.225 e. The molecule has 0 unspecified atom stereocenters. The van der Waals surface area contributed by atoms with Gasteiger partial charge in [-0.2, -0.15) is 0 Å². The summed E-state index contributed by atoms with van der Waals surface area (Å²) in [5.41, 5.74) is 4.54. The summed E-state index contributed by atoms with van der Waals surface area (Å²) in [6.45, 7) is 4.30. The number of hydrogen-bond donors (Lipinski definition) is 2. The van der Waals surface area contributed by atoms with E-state index < -0.39 is 0 Å². The molecular formula is C21H21N5OS. The third-order valence-electron chi connectivity index (χ3n) is 4.52. The Balaban J connectivity index is 1.34. The van der Waals surface area contributed by atoms with Crippen LogP contribution in [0.1, 0.15) is 31.7 Å². The minimum atomic E-state index is -0.0237. The molecule has 142 valence electrons. The van der Waals surface area contributed by atoms with Crippen molar-refractivity contribution >= 4 is 45.4 Å². The van der Waals surface area contributed by atoms with Gasteiger partial charge in [-0.15, -0.1) is 10.2 Å². The summed E-state index contributed by atoms with van der Waals surface area (Å²) >= 11 is 1.42. The number of aromatic amines is 1. The van der Waals surface area contributed by atoms with Gasteiger partial charge in [0, 0.05) is 28.8 Å². The van der Waals surface area contributed by atoms with Crippen LogP contribution >= 0.6 is 11.8 Å². The highest BCUT2D eigenvalue weighted by atomic mass is 32.2. The number of hydrogen-bond acceptors (Lipinski definition) is 5. The molecule has 0 spiro atoms. The van der Waals surface area contributed by atoms with Crippen LogP contribution in [0.3, 0.4) is 0 Å². The summed E-state index contributed by atoms with van der Waals surface area (Å²) < 4.78 is 0. The molecule has 0 fully saturated rings. The number of aromatic nitrogens is 4. The number of anilines is 1. The van der Waals surface area contributed by atoms with E-state index in [1.54, 1.807) is 0 Å². The number of para-hydroxylation sites is 1. The first-order valence-corrected chi connectivity index (χ1v) is 10.2. The van der Waals surface area contributed by atoms with Crippen molar-refractivity contribution in [2.45, 2.75) is 31.3 Å². The van der Waals surface area contributed by atoms with Crippen LogP contribution in [0.15, 0.2) is 53.7 Å². The SMILES string of the molecule is CC(C)c1ccc(NC(=O)CCSc2nnc3c(n2)[nH]c2ccccc23)cc1. The second-order valence-electron chi connectivity index (χ2n) is 6.89. The Bertz CT molecular complexity index is 1120.